The van der Waals surface area contributed by atoms with Crippen LogP contribution in [0.25, 0.3) is 0 Å². The van der Waals surface area contributed by atoms with E-state index < -0.39 is 0 Å². The second-order valence-electron chi connectivity index (χ2n) is 5.99. The molecule has 1 saturated heterocycles. The van der Waals surface area contributed by atoms with Gasteiger partial charge in [-0.3, -0.25) is 9.59 Å². The van der Waals surface area contributed by atoms with Crippen LogP contribution in [-0.2, 0) is 0 Å². The lowest BCUT2D eigenvalue weighted by molar-refractivity contribution is 0.0620. The van der Waals surface area contributed by atoms with E-state index in [4.69, 9.17) is 0 Å². The minimum atomic E-state index is -0.181. The molecular formula is C18H20N2O3S. The fourth-order valence-electron chi connectivity index (χ4n) is 2.91. The Hall–Kier alpha value is -2.18. The molecule has 3 rings (SSSR count). The van der Waals surface area contributed by atoms with Gasteiger partial charge < -0.3 is 15.3 Å². The summed E-state index contributed by atoms with van der Waals surface area (Å²) in [5.74, 6) is -0.0804. The summed E-state index contributed by atoms with van der Waals surface area (Å²) >= 11 is 1.47. The third kappa shape index (κ3) is 3.83. The van der Waals surface area contributed by atoms with Crippen molar-refractivity contribution in [2.75, 3.05) is 25.0 Å². The number of benzene rings is 1. The molecule has 126 valence electrons. The van der Waals surface area contributed by atoms with Gasteiger partial charge in [0, 0.05) is 36.3 Å². The molecule has 0 spiro atoms. The molecule has 0 unspecified atom stereocenters. The molecule has 1 aromatic heterocycles. The number of hydrogen-bond donors (Lipinski definition) is 2. The number of likely N-dealkylation sites (tertiary alicyclic amines) is 1. The number of nitrogens with zero attached hydrogens (tertiary/aromatic N) is 1. The van der Waals surface area contributed by atoms with Crippen LogP contribution in [0.15, 0.2) is 41.1 Å². The van der Waals surface area contributed by atoms with E-state index in [1.807, 2.05) is 5.38 Å². The van der Waals surface area contributed by atoms with E-state index in [0.29, 0.717) is 29.9 Å². The molecule has 1 aliphatic heterocycles. The zero-order chi connectivity index (χ0) is 16.9. The number of rotatable bonds is 4. The Balaban J connectivity index is 1.70. The topological polar surface area (TPSA) is 69.6 Å². The van der Waals surface area contributed by atoms with Crippen molar-refractivity contribution in [2.45, 2.75) is 12.8 Å². The third-order valence-electron chi connectivity index (χ3n) is 4.22. The molecule has 24 heavy (non-hydrogen) atoms. The first-order valence-electron chi connectivity index (χ1n) is 8.01. The summed E-state index contributed by atoms with van der Waals surface area (Å²) in [6, 6.07) is 8.76. The highest BCUT2D eigenvalue weighted by atomic mass is 32.1. The predicted octanol–water partition coefficient (Wildman–Crippen LogP) is 2.84. The van der Waals surface area contributed by atoms with Crippen molar-refractivity contribution in [3.05, 3.63) is 52.2 Å². The monoisotopic (exact) mass is 344 g/mol. The van der Waals surface area contributed by atoms with Crippen LogP contribution in [-0.4, -0.2) is 41.5 Å². The van der Waals surface area contributed by atoms with Crippen molar-refractivity contribution in [3.8, 4) is 0 Å². The van der Waals surface area contributed by atoms with E-state index in [1.54, 1.807) is 40.6 Å². The number of aliphatic hydroxyl groups excluding tert-OH is 1. The highest BCUT2D eigenvalue weighted by molar-refractivity contribution is 7.08. The molecule has 1 fully saturated rings. The smallest absolute Gasteiger partial charge is 0.256 e. The van der Waals surface area contributed by atoms with Gasteiger partial charge in [-0.2, -0.15) is 11.3 Å². The van der Waals surface area contributed by atoms with Crippen LogP contribution in [0.1, 0.15) is 33.6 Å². The molecule has 1 atom stereocenters. The number of nitrogens with one attached hydrogen (secondary N) is 1. The number of carbonyl (C=O) groups is 2. The summed E-state index contributed by atoms with van der Waals surface area (Å²) in [5.41, 5.74) is 1.77. The zero-order valence-corrected chi connectivity index (χ0v) is 14.1. The van der Waals surface area contributed by atoms with Gasteiger partial charge in [-0.05, 0) is 48.4 Å². The summed E-state index contributed by atoms with van der Waals surface area (Å²) in [6.07, 6.45) is 1.86. The minimum absolute atomic E-state index is 0.0558. The highest BCUT2D eigenvalue weighted by Gasteiger charge is 2.24. The van der Waals surface area contributed by atoms with Crippen molar-refractivity contribution < 1.29 is 14.7 Å². The van der Waals surface area contributed by atoms with Crippen LogP contribution in [0.2, 0.25) is 0 Å². The molecule has 2 N–H and O–H groups in total. The van der Waals surface area contributed by atoms with Gasteiger partial charge in [-0.25, -0.2) is 0 Å². The molecule has 1 aliphatic rings. The third-order valence-corrected chi connectivity index (χ3v) is 4.90. The van der Waals surface area contributed by atoms with Crippen molar-refractivity contribution in [1.82, 2.24) is 4.90 Å². The first-order valence-corrected chi connectivity index (χ1v) is 8.95. The number of carbonyl (C=O) groups excluding carboxylic acids is 2. The Labute approximate surface area is 144 Å². The summed E-state index contributed by atoms with van der Waals surface area (Å²) < 4.78 is 0. The Kier molecular flexibility index (Phi) is 5.27. The van der Waals surface area contributed by atoms with Gasteiger partial charge >= 0.3 is 0 Å². The summed E-state index contributed by atoms with van der Waals surface area (Å²) in [7, 11) is 0. The SMILES string of the molecule is O=C(Nc1cccc(C(=O)N2CCC[C@@H](CO)C2)c1)c1ccsc1. The van der Waals surface area contributed by atoms with E-state index in [1.165, 1.54) is 11.3 Å². The first kappa shape index (κ1) is 16.7. The Morgan fingerprint density at radius 3 is 2.92 bits per heavy atom. The van der Waals surface area contributed by atoms with Gasteiger partial charge in [0.25, 0.3) is 11.8 Å². The van der Waals surface area contributed by atoms with Gasteiger partial charge in [-0.1, -0.05) is 6.07 Å². The molecule has 0 radical (unpaired) electrons. The first-order chi connectivity index (χ1) is 11.7. The zero-order valence-electron chi connectivity index (χ0n) is 13.3. The Morgan fingerprint density at radius 1 is 1.29 bits per heavy atom. The number of aliphatic hydroxyl groups is 1. The van der Waals surface area contributed by atoms with Gasteiger partial charge in [0.15, 0.2) is 0 Å². The maximum absolute atomic E-state index is 12.7. The number of anilines is 1. The van der Waals surface area contributed by atoms with Crippen molar-refractivity contribution >= 4 is 28.8 Å². The van der Waals surface area contributed by atoms with Gasteiger partial charge in [0.2, 0.25) is 0 Å². The van der Waals surface area contributed by atoms with Crippen molar-refractivity contribution in [2.24, 2.45) is 5.92 Å². The second-order valence-corrected chi connectivity index (χ2v) is 6.77. The number of thiophene rings is 1. The lowest BCUT2D eigenvalue weighted by Gasteiger charge is -2.32. The Bertz CT molecular complexity index is 715. The van der Waals surface area contributed by atoms with Crippen molar-refractivity contribution in [1.29, 1.82) is 0 Å². The van der Waals surface area contributed by atoms with Crippen LogP contribution in [0.5, 0.6) is 0 Å². The average Bonchev–Trinajstić information content (AvgIpc) is 3.16. The molecule has 2 amide bonds. The van der Waals surface area contributed by atoms with E-state index in [9.17, 15) is 14.7 Å². The number of piperidine rings is 1. The lowest BCUT2D eigenvalue weighted by Crippen LogP contribution is -2.40. The minimum Gasteiger partial charge on any atom is -0.396 e. The van der Waals surface area contributed by atoms with Gasteiger partial charge in [0.05, 0.1) is 5.56 Å². The second kappa shape index (κ2) is 7.59. The quantitative estimate of drug-likeness (QED) is 0.896. The van der Waals surface area contributed by atoms with Gasteiger partial charge in [0.1, 0.15) is 0 Å². The molecular weight excluding hydrogens is 324 g/mol. The van der Waals surface area contributed by atoms with E-state index in [2.05, 4.69) is 5.32 Å². The number of amides is 2. The Morgan fingerprint density at radius 2 is 2.17 bits per heavy atom. The summed E-state index contributed by atoms with van der Waals surface area (Å²) in [6.45, 7) is 1.40. The van der Waals surface area contributed by atoms with Crippen LogP contribution in [0, 0.1) is 5.92 Å². The number of hydrogen-bond acceptors (Lipinski definition) is 4. The molecule has 6 heteroatoms. The fourth-order valence-corrected chi connectivity index (χ4v) is 3.54. The van der Waals surface area contributed by atoms with Crippen LogP contribution < -0.4 is 5.32 Å². The van der Waals surface area contributed by atoms with Crippen molar-refractivity contribution in [3.63, 3.8) is 0 Å². The largest absolute Gasteiger partial charge is 0.396 e. The van der Waals surface area contributed by atoms with E-state index >= 15 is 0 Å². The van der Waals surface area contributed by atoms with Crippen LogP contribution in [0.4, 0.5) is 5.69 Å². The maximum Gasteiger partial charge on any atom is 0.256 e. The molecule has 2 heterocycles. The summed E-state index contributed by atoms with van der Waals surface area (Å²) in [5, 5.41) is 15.8. The predicted molar refractivity (Wildman–Crippen MR) is 94.4 cm³/mol. The summed E-state index contributed by atoms with van der Waals surface area (Å²) in [4.78, 5) is 26.6. The van der Waals surface area contributed by atoms with E-state index in [-0.39, 0.29) is 24.3 Å². The van der Waals surface area contributed by atoms with E-state index in [0.717, 1.165) is 12.8 Å². The normalized spacial score (nSPS) is 17.5. The molecule has 0 aliphatic carbocycles. The highest BCUT2D eigenvalue weighted by Crippen LogP contribution is 2.20. The molecule has 0 bridgehead atoms. The van der Waals surface area contributed by atoms with Crippen LogP contribution in [0.3, 0.4) is 0 Å². The molecule has 1 aromatic carbocycles. The van der Waals surface area contributed by atoms with Crippen LogP contribution >= 0.6 is 11.3 Å². The molecule has 2 aromatic rings. The fraction of sp³-hybridized carbons (Fsp3) is 0.333. The lowest BCUT2D eigenvalue weighted by atomic mass is 9.98. The molecule has 0 saturated carbocycles. The van der Waals surface area contributed by atoms with Gasteiger partial charge in [-0.15, -0.1) is 0 Å². The standard InChI is InChI=1S/C18H20N2O3S/c21-11-13-3-2-7-20(10-13)18(23)14-4-1-5-16(9-14)19-17(22)15-6-8-24-12-15/h1,4-6,8-9,12-13,21H,2-3,7,10-11H2,(H,19,22)/t13-/m1/s1. The maximum atomic E-state index is 12.7. The average molecular weight is 344 g/mol. The molecule has 5 nitrogen and oxygen atoms in total.